The number of carbonyl (C=O) groups excluding carboxylic acids is 1. The number of carbonyl (C=O) groups is 2. The zero-order valence-electron chi connectivity index (χ0n) is 21.1. The van der Waals surface area contributed by atoms with Crippen LogP contribution in [0.5, 0.6) is 5.75 Å². The van der Waals surface area contributed by atoms with Crippen molar-refractivity contribution in [3.05, 3.63) is 84.1 Å². The number of carboxylic acid groups (broad SMARTS) is 1. The van der Waals surface area contributed by atoms with E-state index in [0.29, 0.717) is 47.7 Å². The minimum atomic E-state index is -1.28. The van der Waals surface area contributed by atoms with E-state index in [-0.39, 0.29) is 22.0 Å². The number of amides is 1. The van der Waals surface area contributed by atoms with Gasteiger partial charge in [0.05, 0.1) is 27.8 Å². The Bertz CT molecular complexity index is 1460. The summed E-state index contributed by atoms with van der Waals surface area (Å²) in [5.41, 5.74) is 6.56. The number of carboxylic acids is 1. The normalized spacial score (nSPS) is 11.7. The van der Waals surface area contributed by atoms with Crippen molar-refractivity contribution in [2.75, 3.05) is 13.2 Å². The maximum Gasteiger partial charge on any atom is 0.330 e. The second-order valence-electron chi connectivity index (χ2n) is 8.68. The van der Waals surface area contributed by atoms with Gasteiger partial charge in [0.2, 0.25) is 0 Å². The summed E-state index contributed by atoms with van der Waals surface area (Å²) in [4.78, 5) is 49.7. The molecule has 4 N–H and O–H groups in total. The number of hydrogen-bond acceptors (Lipinski definition) is 6. The zero-order chi connectivity index (χ0) is 28.1. The first-order valence-corrected chi connectivity index (χ1v) is 12.4. The van der Waals surface area contributed by atoms with Crippen molar-refractivity contribution in [1.82, 2.24) is 14.5 Å². The number of nitrogens with two attached hydrogens (primary N) is 1. The third-order valence-corrected chi connectivity index (χ3v) is 6.70. The molecule has 0 aliphatic heterocycles. The molecule has 0 saturated carbocycles. The molecule has 0 radical (unpaired) electrons. The summed E-state index contributed by atoms with van der Waals surface area (Å²) in [7, 11) is 2.99. The Balaban J connectivity index is 1.80. The van der Waals surface area contributed by atoms with Gasteiger partial charge in [-0.3, -0.25) is 14.2 Å². The summed E-state index contributed by atoms with van der Waals surface area (Å²) < 4.78 is 7.92. The highest BCUT2D eigenvalue weighted by Gasteiger charge is 2.25. The second-order valence-corrected chi connectivity index (χ2v) is 9.50. The van der Waals surface area contributed by atoms with Crippen molar-refractivity contribution in [2.24, 2.45) is 19.8 Å². The number of halogens is 2. The lowest BCUT2D eigenvalue weighted by Crippen LogP contribution is -2.42. The third-order valence-electron chi connectivity index (χ3n) is 6.10. The highest BCUT2D eigenvalue weighted by molar-refractivity contribution is 6.40. The number of benzene rings is 2. The molecule has 3 rings (SSSR count). The Morgan fingerprint density at radius 2 is 1.68 bits per heavy atom. The van der Waals surface area contributed by atoms with Gasteiger partial charge < -0.3 is 25.5 Å². The summed E-state index contributed by atoms with van der Waals surface area (Å²) in [5, 5.41) is 12.2. The molecule has 1 aromatic heterocycles. The predicted molar refractivity (Wildman–Crippen MR) is 145 cm³/mol. The van der Waals surface area contributed by atoms with Crippen molar-refractivity contribution in [3.63, 3.8) is 0 Å². The molecule has 202 valence electrons. The molecule has 0 unspecified atom stereocenters. The quantitative estimate of drug-likeness (QED) is 0.322. The lowest BCUT2D eigenvalue weighted by molar-refractivity contribution is -0.139. The number of nitrogens with one attached hydrogen (secondary N) is 1. The van der Waals surface area contributed by atoms with Crippen molar-refractivity contribution < 1.29 is 19.4 Å². The molecule has 0 bridgehead atoms. The fourth-order valence-electron chi connectivity index (χ4n) is 3.88. The van der Waals surface area contributed by atoms with Crippen LogP contribution in [0.15, 0.2) is 46.0 Å². The van der Waals surface area contributed by atoms with Gasteiger partial charge in [0.25, 0.3) is 11.5 Å². The highest BCUT2D eigenvalue weighted by atomic mass is 35.5. The minimum Gasteiger partial charge on any atom is -0.493 e. The van der Waals surface area contributed by atoms with E-state index in [2.05, 4.69) is 5.32 Å². The van der Waals surface area contributed by atoms with Crippen molar-refractivity contribution in [3.8, 4) is 16.9 Å². The van der Waals surface area contributed by atoms with E-state index in [0.717, 1.165) is 4.57 Å². The first kappa shape index (κ1) is 29.0. The van der Waals surface area contributed by atoms with Crippen LogP contribution in [0, 0.1) is 6.92 Å². The van der Waals surface area contributed by atoms with E-state index >= 15 is 0 Å². The number of aromatic nitrogens is 2. The van der Waals surface area contributed by atoms with Gasteiger partial charge in [-0.25, -0.2) is 9.59 Å². The summed E-state index contributed by atoms with van der Waals surface area (Å²) in [6.07, 6.45) is 0.584. The fourth-order valence-corrected chi connectivity index (χ4v) is 4.51. The van der Waals surface area contributed by atoms with Gasteiger partial charge in [-0.15, -0.1) is 0 Å². The Morgan fingerprint density at radius 3 is 2.24 bits per heavy atom. The molecule has 0 aliphatic rings. The smallest absolute Gasteiger partial charge is 0.330 e. The zero-order valence-corrected chi connectivity index (χ0v) is 22.6. The number of aliphatic carboxylic acids is 1. The first-order chi connectivity index (χ1) is 18.0. The molecule has 1 atom stereocenters. The average Bonchev–Trinajstić information content (AvgIpc) is 2.86. The van der Waals surface area contributed by atoms with Gasteiger partial charge in [-0.1, -0.05) is 47.5 Å². The van der Waals surface area contributed by atoms with Gasteiger partial charge in [0.1, 0.15) is 11.8 Å². The van der Waals surface area contributed by atoms with Gasteiger partial charge >= 0.3 is 11.7 Å². The van der Waals surface area contributed by atoms with E-state index in [9.17, 15) is 24.3 Å². The van der Waals surface area contributed by atoms with Crippen LogP contribution in [-0.2, 0) is 25.3 Å². The Hall–Kier alpha value is -3.60. The van der Waals surface area contributed by atoms with E-state index in [4.69, 9.17) is 33.7 Å². The van der Waals surface area contributed by atoms with Crippen LogP contribution in [0.1, 0.15) is 28.0 Å². The molecule has 2 aromatic carbocycles. The summed E-state index contributed by atoms with van der Waals surface area (Å²) >= 11 is 12.5. The standard InChI is InChI=1S/C26H28Cl2N4O6/c1-14-21(24(34)32(3)26(37)31(14)2)16-7-5-15(6-8-16)11-20(25(35)36)30-23(33)22-18(27)12-17(13-19(22)28)38-10-4-9-29/h5-8,12-13,20H,4,9-11,29H2,1-3H3,(H,30,33)(H,35,36)/t20-/m0/s1. The molecule has 3 aromatic rings. The number of hydrogen-bond donors (Lipinski definition) is 3. The molecule has 1 heterocycles. The lowest BCUT2D eigenvalue weighted by atomic mass is 10.00. The predicted octanol–water partition coefficient (Wildman–Crippen LogP) is 2.52. The van der Waals surface area contributed by atoms with Gasteiger partial charge in [0.15, 0.2) is 0 Å². The summed E-state index contributed by atoms with van der Waals surface area (Å²) in [6.45, 7) is 2.48. The topological polar surface area (TPSA) is 146 Å². The van der Waals surface area contributed by atoms with Crippen LogP contribution < -0.4 is 27.0 Å². The molecular weight excluding hydrogens is 535 g/mol. The molecule has 0 fully saturated rings. The number of ether oxygens (including phenoxy) is 1. The van der Waals surface area contributed by atoms with Crippen LogP contribution in [0.2, 0.25) is 10.0 Å². The van der Waals surface area contributed by atoms with E-state index in [1.54, 1.807) is 38.2 Å². The average molecular weight is 563 g/mol. The summed E-state index contributed by atoms with van der Waals surface area (Å²) in [6, 6.07) is 8.23. The van der Waals surface area contributed by atoms with Crippen LogP contribution in [0.3, 0.4) is 0 Å². The Kier molecular flexibility index (Phi) is 9.37. The molecular formula is C26H28Cl2N4O6. The van der Waals surface area contributed by atoms with Gasteiger partial charge in [0, 0.05) is 26.2 Å². The molecule has 0 aliphatic carbocycles. The molecule has 10 nitrogen and oxygen atoms in total. The number of rotatable bonds is 10. The summed E-state index contributed by atoms with van der Waals surface area (Å²) in [5.74, 6) is -1.63. The van der Waals surface area contributed by atoms with Crippen LogP contribution in [0.4, 0.5) is 0 Å². The molecule has 38 heavy (non-hydrogen) atoms. The first-order valence-electron chi connectivity index (χ1n) is 11.7. The lowest BCUT2D eigenvalue weighted by Gasteiger charge is -2.17. The fraction of sp³-hybridized carbons (Fsp3) is 0.308. The Morgan fingerprint density at radius 1 is 1.08 bits per heavy atom. The van der Waals surface area contributed by atoms with Gasteiger partial charge in [-0.05, 0) is 43.1 Å². The largest absolute Gasteiger partial charge is 0.493 e. The van der Waals surface area contributed by atoms with Crippen LogP contribution >= 0.6 is 23.2 Å². The van der Waals surface area contributed by atoms with Crippen molar-refractivity contribution >= 4 is 35.1 Å². The monoisotopic (exact) mass is 562 g/mol. The number of nitrogens with zero attached hydrogens (tertiary/aromatic N) is 2. The third kappa shape index (κ3) is 6.27. The SMILES string of the molecule is Cc1c(-c2ccc(C[C@H](NC(=O)c3c(Cl)cc(OCCCN)cc3Cl)C(=O)O)cc2)c(=O)n(C)c(=O)n1C. The molecule has 0 spiro atoms. The molecule has 0 saturated heterocycles. The van der Waals surface area contributed by atoms with Crippen molar-refractivity contribution in [1.29, 1.82) is 0 Å². The minimum absolute atomic E-state index is 0.0143. The van der Waals surface area contributed by atoms with E-state index < -0.39 is 29.2 Å². The maximum absolute atomic E-state index is 12.9. The van der Waals surface area contributed by atoms with E-state index in [1.165, 1.54) is 23.7 Å². The molecule has 1 amide bonds. The van der Waals surface area contributed by atoms with E-state index in [1.807, 2.05) is 0 Å². The Labute approximate surface area is 228 Å². The maximum atomic E-state index is 12.9. The second kappa shape index (κ2) is 12.3. The highest BCUT2D eigenvalue weighted by Crippen LogP contribution is 2.30. The van der Waals surface area contributed by atoms with Crippen LogP contribution in [0.25, 0.3) is 11.1 Å². The molecule has 12 heteroatoms. The van der Waals surface area contributed by atoms with Gasteiger partial charge in [-0.2, -0.15) is 0 Å². The van der Waals surface area contributed by atoms with Crippen LogP contribution in [-0.4, -0.2) is 45.3 Å². The van der Waals surface area contributed by atoms with Crippen molar-refractivity contribution in [2.45, 2.75) is 25.8 Å².